The molecule has 0 aromatic heterocycles. The zero-order valence-electron chi connectivity index (χ0n) is 5.22. The van der Waals surface area contributed by atoms with Crippen LogP contribution in [0.3, 0.4) is 0 Å². The Morgan fingerprint density at radius 3 is 2.62 bits per heavy atom. The third-order valence-electron chi connectivity index (χ3n) is 0.803. The highest BCUT2D eigenvalue weighted by Crippen LogP contribution is 1.82. The minimum atomic E-state index is -0.169. The Hall–Kier alpha value is 0.427. The fourth-order valence-electron chi connectivity index (χ4n) is 0.391. The van der Waals surface area contributed by atoms with Gasteiger partial charge in [0.15, 0.2) is 9.76 Å². The average molecular weight is 156 g/mol. The number of nitrogens with two attached hydrogens (primary N) is 1. The minimum Gasteiger partial charge on any atom is -0.427 e. The van der Waals surface area contributed by atoms with Gasteiger partial charge in [-0.05, 0) is 19.0 Å². The van der Waals surface area contributed by atoms with E-state index in [0.717, 1.165) is 13.0 Å². The van der Waals surface area contributed by atoms with E-state index in [9.17, 15) is 0 Å². The summed E-state index contributed by atoms with van der Waals surface area (Å²) in [6.07, 6.45) is 1.14. The second kappa shape index (κ2) is 10.4. The first-order valence-electron chi connectivity index (χ1n) is 2.61. The summed E-state index contributed by atoms with van der Waals surface area (Å²) in [7, 11) is 1.60. The van der Waals surface area contributed by atoms with Crippen LogP contribution in [-0.2, 0) is 4.43 Å². The van der Waals surface area contributed by atoms with Crippen LogP contribution in [-0.4, -0.2) is 23.4 Å². The Labute approximate surface area is 59.1 Å². The van der Waals surface area contributed by atoms with Crippen molar-refractivity contribution in [3.63, 3.8) is 0 Å². The van der Waals surface area contributed by atoms with E-state index in [1.165, 1.54) is 6.04 Å². The lowest BCUT2D eigenvalue weighted by atomic mass is 10.5. The minimum absolute atomic E-state index is 0. The van der Waals surface area contributed by atoms with Gasteiger partial charge in [-0.1, -0.05) is 0 Å². The molecule has 0 aliphatic rings. The topological polar surface area (TPSA) is 35.2 Å². The number of hydrogen-bond donors (Lipinski definition) is 1. The molecule has 0 aliphatic heterocycles. The standard InChI is InChI=1S/C4H13NOSi.ClH/c1-6-7-4-2-3-5;/h2-5,7H2,1H3;1H. The molecule has 0 rings (SSSR count). The first-order valence-corrected chi connectivity index (χ1v) is 4.18. The second-order valence-electron chi connectivity index (χ2n) is 1.49. The van der Waals surface area contributed by atoms with Crippen molar-refractivity contribution in [3.8, 4) is 0 Å². The SMILES string of the molecule is CO[SiH2]CCCN.Cl. The normalized spacial score (nSPS) is 9.75. The van der Waals surface area contributed by atoms with Gasteiger partial charge in [-0.25, -0.2) is 0 Å². The van der Waals surface area contributed by atoms with Gasteiger partial charge in [0.1, 0.15) is 0 Å². The van der Waals surface area contributed by atoms with Crippen LogP contribution in [0.15, 0.2) is 0 Å². The molecule has 0 radical (unpaired) electrons. The molecule has 0 amide bonds. The highest BCUT2D eigenvalue weighted by molar-refractivity contribution is 6.26. The van der Waals surface area contributed by atoms with Gasteiger partial charge in [0.05, 0.1) is 0 Å². The molecule has 0 aromatic carbocycles. The van der Waals surface area contributed by atoms with Gasteiger partial charge < -0.3 is 10.2 Å². The van der Waals surface area contributed by atoms with E-state index in [0.29, 0.717) is 0 Å². The molecule has 0 fully saturated rings. The van der Waals surface area contributed by atoms with Crippen LogP contribution in [0, 0.1) is 0 Å². The van der Waals surface area contributed by atoms with Gasteiger partial charge in [0.25, 0.3) is 0 Å². The maximum atomic E-state index is 5.24. The zero-order valence-corrected chi connectivity index (χ0v) is 7.45. The van der Waals surface area contributed by atoms with Crippen LogP contribution in [0.5, 0.6) is 0 Å². The molecule has 0 saturated carbocycles. The summed E-state index contributed by atoms with van der Waals surface area (Å²) in [6.45, 7) is 0.816. The van der Waals surface area contributed by atoms with Crippen molar-refractivity contribution in [2.24, 2.45) is 5.73 Å². The van der Waals surface area contributed by atoms with Gasteiger partial charge in [0.2, 0.25) is 0 Å². The van der Waals surface area contributed by atoms with Crippen LogP contribution < -0.4 is 5.73 Å². The quantitative estimate of drug-likeness (QED) is 0.455. The molecule has 0 atom stereocenters. The van der Waals surface area contributed by atoms with Gasteiger partial charge in [-0.3, -0.25) is 0 Å². The molecule has 0 aliphatic carbocycles. The molecule has 0 saturated heterocycles. The monoisotopic (exact) mass is 155 g/mol. The summed E-state index contributed by atoms with van der Waals surface area (Å²) in [6, 6.07) is 1.23. The second-order valence-corrected chi connectivity index (χ2v) is 3.18. The van der Waals surface area contributed by atoms with Crippen LogP contribution in [0.1, 0.15) is 6.42 Å². The van der Waals surface area contributed by atoms with E-state index in [-0.39, 0.29) is 22.2 Å². The number of rotatable bonds is 4. The fourth-order valence-corrected chi connectivity index (χ4v) is 1.17. The van der Waals surface area contributed by atoms with Crippen LogP contribution in [0.2, 0.25) is 6.04 Å². The van der Waals surface area contributed by atoms with E-state index in [4.69, 9.17) is 10.2 Å². The largest absolute Gasteiger partial charge is 0.427 e. The van der Waals surface area contributed by atoms with E-state index < -0.39 is 0 Å². The maximum Gasteiger partial charge on any atom is 0.161 e. The molecule has 0 unspecified atom stereocenters. The van der Waals surface area contributed by atoms with E-state index in [2.05, 4.69) is 0 Å². The summed E-state index contributed by atoms with van der Waals surface area (Å²) in [5.74, 6) is 0. The first-order chi connectivity index (χ1) is 3.41. The van der Waals surface area contributed by atoms with Gasteiger partial charge in [-0.15, -0.1) is 12.4 Å². The lowest BCUT2D eigenvalue weighted by molar-refractivity contribution is 0.440. The Balaban J connectivity index is 0. The predicted octanol–water partition coefficient (Wildman–Crippen LogP) is -0.0945. The summed E-state index contributed by atoms with van der Waals surface area (Å²) in [5, 5.41) is 0. The lowest BCUT2D eigenvalue weighted by Gasteiger charge is -1.91. The third-order valence-corrected chi connectivity index (χ3v) is 2.00. The van der Waals surface area contributed by atoms with Gasteiger partial charge >= 0.3 is 0 Å². The van der Waals surface area contributed by atoms with Crippen molar-refractivity contribution in [2.75, 3.05) is 13.7 Å². The van der Waals surface area contributed by atoms with Crippen LogP contribution >= 0.6 is 12.4 Å². The summed E-state index contributed by atoms with van der Waals surface area (Å²) >= 11 is 0. The smallest absolute Gasteiger partial charge is 0.161 e. The number of hydrogen-bond acceptors (Lipinski definition) is 2. The Morgan fingerprint density at radius 1 is 1.62 bits per heavy atom. The van der Waals surface area contributed by atoms with E-state index in [1.54, 1.807) is 7.11 Å². The predicted molar refractivity (Wildman–Crippen MR) is 41.3 cm³/mol. The van der Waals surface area contributed by atoms with Gasteiger partial charge in [-0.2, -0.15) is 0 Å². The van der Waals surface area contributed by atoms with Crippen molar-refractivity contribution in [3.05, 3.63) is 0 Å². The molecule has 2 nitrogen and oxygen atoms in total. The van der Waals surface area contributed by atoms with Crippen molar-refractivity contribution in [1.82, 2.24) is 0 Å². The third kappa shape index (κ3) is 9.66. The summed E-state index contributed by atoms with van der Waals surface area (Å²) in [4.78, 5) is 0. The Kier molecular flexibility index (Phi) is 14.7. The molecule has 0 bridgehead atoms. The molecule has 0 heterocycles. The average Bonchev–Trinajstić information content (AvgIpc) is 1.69. The zero-order chi connectivity index (χ0) is 5.54. The van der Waals surface area contributed by atoms with Crippen LogP contribution in [0.25, 0.3) is 0 Å². The molecule has 52 valence electrons. The molecular weight excluding hydrogens is 142 g/mol. The van der Waals surface area contributed by atoms with Gasteiger partial charge in [0, 0.05) is 7.11 Å². The molecule has 8 heavy (non-hydrogen) atoms. The van der Waals surface area contributed by atoms with Crippen molar-refractivity contribution >= 4 is 22.2 Å². The molecular formula is C4H14ClNOSi. The molecule has 0 aromatic rings. The Bertz CT molecular complexity index is 35.2. The molecule has 4 heteroatoms. The molecule has 0 spiro atoms. The van der Waals surface area contributed by atoms with Crippen molar-refractivity contribution < 1.29 is 4.43 Å². The Morgan fingerprint density at radius 2 is 2.25 bits per heavy atom. The maximum absolute atomic E-state index is 5.24. The highest BCUT2D eigenvalue weighted by Gasteiger charge is 1.81. The summed E-state index contributed by atoms with van der Waals surface area (Å²) in [5.41, 5.74) is 5.24. The van der Waals surface area contributed by atoms with Crippen LogP contribution in [0.4, 0.5) is 0 Å². The molecule has 2 N–H and O–H groups in total. The van der Waals surface area contributed by atoms with E-state index >= 15 is 0 Å². The first kappa shape index (κ1) is 11.3. The fraction of sp³-hybridized carbons (Fsp3) is 1.00. The van der Waals surface area contributed by atoms with Crippen molar-refractivity contribution in [1.29, 1.82) is 0 Å². The lowest BCUT2D eigenvalue weighted by Crippen LogP contribution is -2.01. The summed E-state index contributed by atoms with van der Waals surface area (Å²) < 4.78 is 4.93. The van der Waals surface area contributed by atoms with E-state index in [1.807, 2.05) is 0 Å². The highest BCUT2D eigenvalue weighted by atomic mass is 35.5. The number of halogens is 1. The van der Waals surface area contributed by atoms with Crippen molar-refractivity contribution in [2.45, 2.75) is 12.5 Å².